The summed E-state index contributed by atoms with van der Waals surface area (Å²) in [4.78, 5) is 0. The van der Waals surface area contributed by atoms with Gasteiger partial charge in [0.2, 0.25) is 0 Å². The molecular weight excluding hydrogens is 214 g/mol. The van der Waals surface area contributed by atoms with E-state index in [4.69, 9.17) is 0 Å². The molecule has 1 fully saturated rings. The summed E-state index contributed by atoms with van der Waals surface area (Å²) in [5, 5.41) is 23.0. The van der Waals surface area contributed by atoms with Gasteiger partial charge in [-0.1, -0.05) is 32.0 Å². The number of aliphatic hydroxyl groups is 1. The van der Waals surface area contributed by atoms with Crippen LogP contribution in [-0.4, -0.2) is 22.4 Å². The molecule has 1 aliphatic carbocycles. The monoisotopic (exact) mass is 235 g/mol. The summed E-state index contributed by atoms with van der Waals surface area (Å²) in [7, 11) is 0. The minimum absolute atomic E-state index is 0.0700. The Labute approximate surface area is 102 Å². The Morgan fingerprint density at radius 1 is 1.41 bits per heavy atom. The third-order valence-corrected chi connectivity index (χ3v) is 4.08. The largest absolute Gasteiger partial charge is 0.507 e. The standard InChI is InChI=1S/C14H21NO2/c1-9-5-4-6-10(13(9)17)8-15-11-7-12(16)14(11,2)3/h4-6,11-12,15-17H,7-8H2,1-3H3. The second-order valence-corrected chi connectivity index (χ2v) is 5.59. The van der Waals surface area contributed by atoms with Gasteiger partial charge in [-0.15, -0.1) is 0 Å². The Hall–Kier alpha value is -1.06. The van der Waals surface area contributed by atoms with Gasteiger partial charge < -0.3 is 15.5 Å². The first-order valence-electron chi connectivity index (χ1n) is 6.12. The van der Waals surface area contributed by atoms with Gasteiger partial charge in [-0.3, -0.25) is 0 Å². The third kappa shape index (κ3) is 2.17. The van der Waals surface area contributed by atoms with Crippen molar-refractivity contribution in [3.8, 4) is 5.75 Å². The van der Waals surface area contributed by atoms with Gasteiger partial charge in [-0.25, -0.2) is 0 Å². The molecule has 0 radical (unpaired) electrons. The van der Waals surface area contributed by atoms with Crippen molar-refractivity contribution in [3.05, 3.63) is 29.3 Å². The number of phenolic OH excluding ortho intramolecular Hbond substituents is 1. The summed E-state index contributed by atoms with van der Waals surface area (Å²) >= 11 is 0. The molecule has 3 N–H and O–H groups in total. The number of aryl methyl sites for hydroxylation is 1. The maximum absolute atomic E-state index is 9.89. The molecular formula is C14H21NO2. The number of para-hydroxylation sites is 1. The molecule has 0 aromatic heterocycles. The molecule has 1 aromatic carbocycles. The highest BCUT2D eigenvalue weighted by molar-refractivity contribution is 5.39. The van der Waals surface area contributed by atoms with Crippen molar-refractivity contribution in [2.24, 2.45) is 5.41 Å². The summed E-state index contributed by atoms with van der Waals surface area (Å²) in [5.41, 5.74) is 1.75. The van der Waals surface area contributed by atoms with Gasteiger partial charge in [0, 0.05) is 23.6 Å². The molecule has 0 heterocycles. The lowest BCUT2D eigenvalue weighted by Gasteiger charge is -2.49. The quantitative estimate of drug-likeness (QED) is 0.750. The molecule has 1 saturated carbocycles. The minimum atomic E-state index is -0.217. The van der Waals surface area contributed by atoms with E-state index in [1.165, 1.54) is 0 Å². The first-order valence-corrected chi connectivity index (χ1v) is 6.12. The van der Waals surface area contributed by atoms with Crippen molar-refractivity contribution in [1.82, 2.24) is 5.32 Å². The smallest absolute Gasteiger partial charge is 0.122 e. The summed E-state index contributed by atoms with van der Waals surface area (Å²) in [6, 6.07) is 6.09. The van der Waals surface area contributed by atoms with Crippen LogP contribution in [0, 0.1) is 12.3 Å². The molecule has 17 heavy (non-hydrogen) atoms. The number of aromatic hydroxyl groups is 1. The molecule has 94 valence electrons. The number of rotatable bonds is 3. The number of hydrogen-bond donors (Lipinski definition) is 3. The molecule has 2 atom stereocenters. The average Bonchev–Trinajstić information content (AvgIpc) is 2.29. The first kappa shape index (κ1) is 12.4. The predicted molar refractivity (Wildman–Crippen MR) is 67.9 cm³/mol. The van der Waals surface area contributed by atoms with Crippen molar-refractivity contribution in [3.63, 3.8) is 0 Å². The highest BCUT2D eigenvalue weighted by Crippen LogP contribution is 2.40. The van der Waals surface area contributed by atoms with Crippen LogP contribution in [0.15, 0.2) is 18.2 Å². The van der Waals surface area contributed by atoms with Gasteiger partial charge >= 0.3 is 0 Å². The van der Waals surface area contributed by atoms with Crippen molar-refractivity contribution in [2.45, 2.75) is 45.9 Å². The summed E-state index contributed by atoms with van der Waals surface area (Å²) in [5.74, 6) is 0.373. The molecule has 1 aliphatic rings. The Morgan fingerprint density at radius 3 is 2.71 bits per heavy atom. The van der Waals surface area contributed by atoms with E-state index in [0.717, 1.165) is 17.5 Å². The van der Waals surface area contributed by atoms with E-state index in [-0.39, 0.29) is 11.5 Å². The Bertz CT molecular complexity index is 415. The highest BCUT2D eigenvalue weighted by Gasteiger charge is 2.46. The van der Waals surface area contributed by atoms with E-state index < -0.39 is 0 Å². The highest BCUT2D eigenvalue weighted by atomic mass is 16.3. The van der Waals surface area contributed by atoms with Crippen molar-refractivity contribution >= 4 is 0 Å². The normalized spacial score (nSPS) is 26.6. The number of phenols is 1. The lowest BCUT2D eigenvalue weighted by atomic mass is 9.64. The van der Waals surface area contributed by atoms with Gasteiger partial charge in [0.15, 0.2) is 0 Å². The van der Waals surface area contributed by atoms with Gasteiger partial charge in [0.05, 0.1) is 6.10 Å². The zero-order chi connectivity index (χ0) is 12.6. The Kier molecular flexibility index (Phi) is 3.15. The SMILES string of the molecule is Cc1cccc(CNC2CC(O)C2(C)C)c1O. The Balaban J connectivity index is 1.97. The zero-order valence-electron chi connectivity index (χ0n) is 10.7. The maximum Gasteiger partial charge on any atom is 0.122 e. The summed E-state index contributed by atoms with van der Waals surface area (Å²) in [6.07, 6.45) is 0.575. The van der Waals surface area contributed by atoms with Crippen LogP contribution >= 0.6 is 0 Å². The van der Waals surface area contributed by atoms with Gasteiger partial charge in [-0.2, -0.15) is 0 Å². The van der Waals surface area contributed by atoms with Gasteiger partial charge in [-0.05, 0) is 18.9 Å². The number of aliphatic hydroxyl groups excluding tert-OH is 1. The first-order chi connectivity index (χ1) is 7.93. The topological polar surface area (TPSA) is 52.5 Å². The van der Waals surface area contributed by atoms with Gasteiger partial charge in [0.25, 0.3) is 0 Å². The fourth-order valence-electron chi connectivity index (χ4n) is 2.34. The van der Waals surface area contributed by atoms with E-state index in [1.54, 1.807) is 0 Å². The molecule has 0 spiro atoms. The van der Waals surface area contributed by atoms with E-state index >= 15 is 0 Å². The number of benzene rings is 1. The molecule has 0 saturated heterocycles. The van der Waals surface area contributed by atoms with Gasteiger partial charge in [0.1, 0.15) is 5.75 Å². The van der Waals surface area contributed by atoms with Crippen molar-refractivity contribution in [2.75, 3.05) is 0 Å². The minimum Gasteiger partial charge on any atom is -0.507 e. The Morgan fingerprint density at radius 2 is 2.12 bits per heavy atom. The summed E-state index contributed by atoms with van der Waals surface area (Å²) < 4.78 is 0. The van der Waals surface area contributed by atoms with Crippen LogP contribution in [-0.2, 0) is 6.54 Å². The second kappa shape index (κ2) is 4.31. The maximum atomic E-state index is 9.89. The zero-order valence-corrected chi connectivity index (χ0v) is 10.7. The molecule has 2 unspecified atom stereocenters. The van der Waals surface area contributed by atoms with Crippen LogP contribution in [0.5, 0.6) is 5.75 Å². The number of nitrogens with one attached hydrogen (secondary N) is 1. The van der Waals surface area contributed by atoms with Crippen molar-refractivity contribution < 1.29 is 10.2 Å². The van der Waals surface area contributed by atoms with Crippen LogP contribution < -0.4 is 5.32 Å². The van der Waals surface area contributed by atoms with Crippen LogP contribution in [0.25, 0.3) is 0 Å². The van der Waals surface area contributed by atoms with E-state index in [2.05, 4.69) is 19.2 Å². The molecule has 3 nitrogen and oxygen atoms in total. The molecule has 3 heteroatoms. The molecule has 0 bridgehead atoms. The fraction of sp³-hybridized carbons (Fsp3) is 0.571. The molecule has 1 aromatic rings. The van der Waals surface area contributed by atoms with E-state index in [9.17, 15) is 10.2 Å². The van der Waals surface area contributed by atoms with E-state index in [0.29, 0.717) is 18.3 Å². The molecule has 2 rings (SSSR count). The third-order valence-electron chi connectivity index (χ3n) is 4.08. The lowest BCUT2D eigenvalue weighted by Crippen LogP contribution is -2.59. The van der Waals surface area contributed by atoms with E-state index in [1.807, 2.05) is 25.1 Å². The average molecular weight is 235 g/mol. The van der Waals surface area contributed by atoms with Crippen molar-refractivity contribution in [1.29, 1.82) is 0 Å². The number of hydrogen-bond acceptors (Lipinski definition) is 3. The second-order valence-electron chi connectivity index (χ2n) is 5.59. The van der Waals surface area contributed by atoms with Crippen LogP contribution in [0.1, 0.15) is 31.4 Å². The van der Waals surface area contributed by atoms with Crippen LogP contribution in [0.4, 0.5) is 0 Å². The fourth-order valence-corrected chi connectivity index (χ4v) is 2.34. The molecule has 0 amide bonds. The summed E-state index contributed by atoms with van der Waals surface area (Å²) in [6.45, 7) is 6.67. The predicted octanol–water partition coefficient (Wildman–Crippen LogP) is 1.95. The van der Waals surface area contributed by atoms with Crippen LogP contribution in [0.2, 0.25) is 0 Å². The molecule has 0 aliphatic heterocycles. The van der Waals surface area contributed by atoms with Crippen LogP contribution in [0.3, 0.4) is 0 Å². The lowest BCUT2D eigenvalue weighted by molar-refractivity contribution is -0.0730.